The number of fused-ring (bicyclic) bond motifs is 1. The third-order valence-corrected chi connectivity index (χ3v) is 6.12. The second-order valence-corrected chi connectivity index (χ2v) is 8.46. The molecular formula is C23H24N4O4S. The number of para-hydroxylation sites is 1. The molecule has 2 heterocycles. The van der Waals surface area contributed by atoms with Crippen LogP contribution in [0.3, 0.4) is 0 Å². The summed E-state index contributed by atoms with van der Waals surface area (Å²) in [5, 5.41) is 4.94. The van der Waals surface area contributed by atoms with Crippen molar-refractivity contribution in [2.24, 2.45) is 0 Å². The molecule has 0 amide bonds. The van der Waals surface area contributed by atoms with Gasteiger partial charge in [0, 0.05) is 6.42 Å². The standard InChI is InChI=1S/C23H24N4O4S/c1-5-20-25-21(31-26-20)14(2)32-23-24-17-9-7-6-8-16(17)22(28)27(23)13-15-10-11-18(29-3)19(12-15)30-4/h6-12,14H,5,13H2,1-4H3. The van der Waals surface area contributed by atoms with E-state index < -0.39 is 0 Å². The second-order valence-electron chi connectivity index (χ2n) is 7.15. The maximum absolute atomic E-state index is 13.4. The Kier molecular flexibility index (Phi) is 6.45. The predicted octanol–water partition coefficient (Wildman–Crippen LogP) is 4.26. The molecule has 0 N–H and O–H groups in total. The SMILES string of the molecule is CCc1noc(C(C)Sc2nc3ccccc3c(=O)n2Cc2ccc(OC)c(OC)c2)n1. The van der Waals surface area contributed by atoms with Crippen LogP contribution in [0.5, 0.6) is 11.5 Å². The van der Waals surface area contributed by atoms with E-state index in [0.29, 0.717) is 52.2 Å². The van der Waals surface area contributed by atoms with Gasteiger partial charge in [-0.25, -0.2) is 4.98 Å². The van der Waals surface area contributed by atoms with E-state index in [1.165, 1.54) is 11.8 Å². The Morgan fingerprint density at radius 3 is 2.59 bits per heavy atom. The lowest BCUT2D eigenvalue weighted by Crippen LogP contribution is -2.24. The third-order valence-electron chi connectivity index (χ3n) is 5.05. The molecule has 0 aliphatic carbocycles. The van der Waals surface area contributed by atoms with Crippen LogP contribution in [-0.2, 0) is 13.0 Å². The van der Waals surface area contributed by atoms with E-state index in [0.717, 1.165) is 5.56 Å². The Labute approximate surface area is 189 Å². The van der Waals surface area contributed by atoms with Crippen molar-refractivity contribution in [2.45, 2.75) is 37.2 Å². The summed E-state index contributed by atoms with van der Waals surface area (Å²) < 4.78 is 17.8. The van der Waals surface area contributed by atoms with Gasteiger partial charge in [0.05, 0.1) is 36.9 Å². The zero-order valence-corrected chi connectivity index (χ0v) is 19.2. The molecule has 0 saturated heterocycles. The molecule has 1 atom stereocenters. The van der Waals surface area contributed by atoms with Crippen LogP contribution in [0, 0.1) is 0 Å². The molecule has 1 unspecified atom stereocenters. The molecule has 0 saturated carbocycles. The van der Waals surface area contributed by atoms with Gasteiger partial charge in [-0.1, -0.05) is 42.0 Å². The molecule has 0 fully saturated rings. The lowest BCUT2D eigenvalue weighted by Gasteiger charge is -2.16. The van der Waals surface area contributed by atoms with Crippen molar-refractivity contribution in [3.8, 4) is 11.5 Å². The Hall–Kier alpha value is -3.33. The summed E-state index contributed by atoms with van der Waals surface area (Å²) in [5.41, 5.74) is 1.43. The van der Waals surface area contributed by atoms with E-state index >= 15 is 0 Å². The van der Waals surface area contributed by atoms with Crippen LogP contribution in [0.1, 0.15) is 36.4 Å². The first-order valence-corrected chi connectivity index (χ1v) is 11.1. The number of aryl methyl sites for hydroxylation is 1. The maximum Gasteiger partial charge on any atom is 0.262 e. The first-order chi connectivity index (χ1) is 15.5. The fourth-order valence-corrected chi connectivity index (χ4v) is 4.26. The molecular weight excluding hydrogens is 428 g/mol. The van der Waals surface area contributed by atoms with E-state index in [1.54, 1.807) is 24.9 Å². The second kappa shape index (κ2) is 9.44. The number of benzene rings is 2. The molecule has 0 radical (unpaired) electrons. The number of ether oxygens (including phenoxy) is 2. The molecule has 0 spiro atoms. The van der Waals surface area contributed by atoms with Crippen LogP contribution in [-0.4, -0.2) is 33.9 Å². The summed E-state index contributed by atoms with van der Waals surface area (Å²) in [6.45, 7) is 4.26. The van der Waals surface area contributed by atoms with Gasteiger partial charge in [0.2, 0.25) is 5.89 Å². The van der Waals surface area contributed by atoms with Crippen LogP contribution < -0.4 is 15.0 Å². The highest BCUT2D eigenvalue weighted by Gasteiger charge is 2.20. The molecule has 4 rings (SSSR count). The van der Waals surface area contributed by atoms with Crippen molar-refractivity contribution in [2.75, 3.05) is 14.2 Å². The number of hydrogen-bond donors (Lipinski definition) is 0. The molecule has 0 aliphatic heterocycles. The van der Waals surface area contributed by atoms with Gasteiger partial charge in [0.25, 0.3) is 5.56 Å². The zero-order valence-electron chi connectivity index (χ0n) is 18.4. The van der Waals surface area contributed by atoms with Gasteiger partial charge in [0.1, 0.15) is 0 Å². The summed E-state index contributed by atoms with van der Waals surface area (Å²) >= 11 is 1.41. The van der Waals surface area contributed by atoms with E-state index in [2.05, 4.69) is 10.1 Å². The molecule has 8 nitrogen and oxygen atoms in total. The minimum Gasteiger partial charge on any atom is -0.493 e. The average Bonchev–Trinajstić information content (AvgIpc) is 3.31. The Morgan fingerprint density at radius 1 is 1.09 bits per heavy atom. The molecule has 166 valence electrons. The fraction of sp³-hybridized carbons (Fsp3) is 0.304. The fourth-order valence-electron chi connectivity index (χ4n) is 3.32. The number of nitrogens with zero attached hydrogens (tertiary/aromatic N) is 4. The van der Waals surface area contributed by atoms with Crippen LogP contribution in [0.4, 0.5) is 0 Å². The Balaban J connectivity index is 1.76. The van der Waals surface area contributed by atoms with Gasteiger partial charge in [-0.05, 0) is 36.8 Å². The highest BCUT2D eigenvalue weighted by Crippen LogP contribution is 2.34. The minimum atomic E-state index is -0.174. The van der Waals surface area contributed by atoms with Crippen molar-refractivity contribution in [3.63, 3.8) is 0 Å². The van der Waals surface area contributed by atoms with E-state index in [4.69, 9.17) is 19.0 Å². The van der Waals surface area contributed by atoms with Crippen LogP contribution >= 0.6 is 11.8 Å². The molecule has 32 heavy (non-hydrogen) atoms. The third kappa shape index (κ3) is 4.34. The number of methoxy groups -OCH3 is 2. The summed E-state index contributed by atoms with van der Waals surface area (Å²) in [6, 6.07) is 12.9. The van der Waals surface area contributed by atoms with Gasteiger partial charge in [-0.15, -0.1) is 0 Å². The number of thioether (sulfide) groups is 1. The first kappa shape index (κ1) is 21.9. The van der Waals surface area contributed by atoms with Crippen molar-refractivity contribution in [1.29, 1.82) is 0 Å². The highest BCUT2D eigenvalue weighted by atomic mass is 32.2. The molecule has 0 bridgehead atoms. The Morgan fingerprint density at radius 2 is 1.88 bits per heavy atom. The summed E-state index contributed by atoms with van der Waals surface area (Å²) in [7, 11) is 3.18. The molecule has 4 aromatic rings. The number of rotatable bonds is 8. The van der Waals surface area contributed by atoms with Crippen LogP contribution in [0.2, 0.25) is 0 Å². The number of hydrogen-bond acceptors (Lipinski definition) is 8. The van der Waals surface area contributed by atoms with Crippen molar-refractivity contribution in [3.05, 3.63) is 70.1 Å². The van der Waals surface area contributed by atoms with Crippen molar-refractivity contribution in [1.82, 2.24) is 19.7 Å². The largest absolute Gasteiger partial charge is 0.493 e. The topological polar surface area (TPSA) is 92.3 Å². The van der Waals surface area contributed by atoms with Crippen molar-refractivity contribution < 1.29 is 14.0 Å². The zero-order chi connectivity index (χ0) is 22.7. The lowest BCUT2D eigenvalue weighted by molar-refractivity contribution is 0.354. The molecule has 0 aliphatic rings. The normalized spacial score (nSPS) is 12.1. The van der Waals surface area contributed by atoms with Crippen LogP contribution in [0.25, 0.3) is 10.9 Å². The summed E-state index contributed by atoms with van der Waals surface area (Å²) in [4.78, 5) is 22.6. The molecule has 9 heteroatoms. The molecule has 2 aromatic heterocycles. The van der Waals surface area contributed by atoms with Crippen LogP contribution in [0.15, 0.2) is 56.9 Å². The summed E-state index contributed by atoms with van der Waals surface area (Å²) in [5.74, 6) is 2.40. The average molecular weight is 453 g/mol. The van der Waals surface area contributed by atoms with Crippen molar-refractivity contribution >= 4 is 22.7 Å². The van der Waals surface area contributed by atoms with Gasteiger partial charge in [0.15, 0.2) is 22.5 Å². The molecule has 2 aromatic carbocycles. The number of aromatic nitrogens is 4. The van der Waals surface area contributed by atoms with E-state index in [9.17, 15) is 4.79 Å². The van der Waals surface area contributed by atoms with Gasteiger partial charge < -0.3 is 14.0 Å². The quantitative estimate of drug-likeness (QED) is 0.289. The smallest absolute Gasteiger partial charge is 0.262 e. The predicted molar refractivity (Wildman–Crippen MR) is 123 cm³/mol. The maximum atomic E-state index is 13.4. The van der Waals surface area contributed by atoms with E-state index in [-0.39, 0.29) is 10.8 Å². The van der Waals surface area contributed by atoms with Gasteiger partial charge >= 0.3 is 0 Å². The van der Waals surface area contributed by atoms with Gasteiger partial charge in [-0.2, -0.15) is 4.98 Å². The van der Waals surface area contributed by atoms with E-state index in [1.807, 2.05) is 50.2 Å². The minimum absolute atomic E-state index is 0.111. The summed E-state index contributed by atoms with van der Waals surface area (Å²) in [6.07, 6.45) is 0.694. The Bertz CT molecular complexity index is 1300. The highest BCUT2D eigenvalue weighted by molar-refractivity contribution is 7.99. The lowest BCUT2D eigenvalue weighted by atomic mass is 10.2. The van der Waals surface area contributed by atoms with Gasteiger partial charge in [-0.3, -0.25) is 9.36 Å². The monoisotopic (exact) mass is 452 g/mol. The first-order valence-electron chi connectivity index (χ1n) is 10.2.